The van der Waals surface area contributed by atoms with Crippen LogP contribution in [0.3, 0.4) is 0 Å². The maximum Gasteiger partial charge on any atom is 0.243 e. The van der Waals surface area contributed by atoms with E-state index in [1.54, 1.807) is 6.07 Å². The number of benzene rings is 1. The second kappa shape index (κ2) is 6.14. The third kappa shape index (κ3) is 3.26. The summed E-state index contributed by atoms with van der Waals surface area (Å²) in [6.45, 7) is 7.96. The van der Waals surface area contributed by atoms with Gasteiger partial charge in [-0.05, 0) is 25.5 Å². The number of hydrogen-bond donors (Lipinski definition) is 1. The first-order valence-corrected chi connectivity index (χ1v) is 8.62. The number of nitrogens with one attached hydrogen (secondary N) is 1. The molecule has 0 aromatic heterocycles. The Morgan fingerprint density at radius 1 is 1.29 bits per heavy atom. The Morgan fingerprint density at radius 3 is 2.43 bits per heavy atom. The average Bonchev–Trinajstić information content (AvgIpc) is 2.46. The SMILES string of the molecule is Cc1ccc(S(=O)(=O)N2CC[NH+]([C@H](C)C#N)CC2)c(C)c1. The summed E-state index contributed by atoms with van der Waals surface area (Å²) in [6, 6.07) is 7.56. The van der Waals surface area contributed by atoms with E-state index in [4.69, 9.17) is 5.26 Å². The van der Waals surface area contributed by atoms with Gasteiger partial charge in [-0.3, -0.25) is 0 Å². The molecule has 0 bridgehead atoms. The first kappa shape index (κ1) is 16.0. The first-order chi connectivity index (χ1) is 9.86. The lowest BCUT2D eigenvalue weighted by Crippen LogP contribution is -3.17. The Morgan fingerprint density at radius 2 is 1.90 bits per heavy atom. The van der Waals surface area contributed by atoms with Crippen LogP contribution in [-0.4, -0.2) is 44.9 Å². The van der Waals surface area contributed by atoms with Crippen LogP contribution in [0, 0.1) is 25.2 Å². The van der Waals surface area contributed by atoms with Crippen LogP contribution in [0.1, 0.15) is 18.1 Å². The monoisotopic (exact) mass is 308 g/mol. The number of hydrogen-bond acceptors (Lipinski definition) is 3. The number of nitriles is 1. The van der Waals surface area contributed by atoms with Crippen LogP contribution in [0.5, 0.6) is 0 Å². The lowest BCUT2D eigenvalue weighted by molar-refractivity contribution is -0.918. The Kier molecular flexibility index (Phi) is 4.67. The molecule has 1 aromatic rings. The third-order valence-electron chi connectivity index (χ3n) is 4.12. The van der Waals surface area contributed by atoms with Crippen LogP contribution in [-0.2, 0) is 10.0 Å². The maximum atomic E-state index is 12.7. The van der Waals surface area contributed by atoms with Gasteiger partial charge in [-0.15, -0.1) is 0 Å². The quantitative estimate of drug-likeness (QED) is 0.861. The molecule has 1 N–H and O–H groups in total. The number of aryl methyl sites for hydroxylation is 2. The van der Waals surface area contributed by atoms with Crippen molar-refractivity contribution >= 4 is 10.0 Å². The lowest BCUT2D eigenvalue weighted by atomic mass is 10.2. The van der Waals surface area contributed by atoms with Gasteiger partial charge in [0, 0.05) is 6.92 Å². The van der Waals surface area contributed by atoms with Gasteiger partial charge in [0.05, 0.1) is 31.1 Å². The van der Waals surface area contributed by atoms with E-state index in [1.807, 2.05) is 32.9 Å². The Bertz CT molecular complexity index is 656. The van der Waals surface area contributed by atoms with Gasteiger partial charge in [0.2, 0.25) is 10.0 Å². The zero-order valence-electron chi connectivity index (χ0n) is 12.8. The van der Waals surface area contributed by atoms with Crippen LogP contribution < -0.4 is 4.90 Å². The normalized spacial score (nSPS) is 19.1. The van der Waals surface area contributed by atoms with Gasteiger partial charge in [-0.2, -0.15) is 9.57 Å². The fourth-order valence-electron chi connectivity index (χ4n) is 2.77. The number of quaternary nitrogens is 1. The minimum absolute atomic E-state index is 0.0871. The number of piperazine rings is 1. The minimum Gasteiger partial charge on any atom is -0.319 e. The number of sulfonamides is 1. The van der Waals surface area contributed by atoms with E-state index in [0.29, 0.717) is 31.1 Å². The summed E-state index contributed by atoms with van der Waals surface area (Å²) in [5, 5.41) is 8.95. The summed E-state index contributed by atoms with van der Waals surface area (Å²) >= 11 is 0. The molecular formula is C15H22N3O2S+. The van der Waals surface area contributed by atoms with E-state index < -0.39 is 10.0 Å². The highest BCUT2D eigenvalue weighted by molar-refractivity contribution is 7.89. The van der Waals surface area contributed by atoms with Gasteiger partial charge in [-0.25, -0.2) is 8.42 Å². The molecule has 1 aliphatic heterocycles. The summed E-state index contributed by atoms with van der Waals surface area (Å²) in [7, 11) is -3.43. The highest BCUT2D eigenvalue weighted by atomic mass is 32.2. The topological polar surface area (TPSA) is 65.6 Å². The van der Waals surface area contributed by atoms with Crippen LogP contribution in [0.25, 0.3) is 0 Å². The second-order valence-corrected chi connectivity index (χ2v) is 7.59. The largest absolute Gasteiger partial charge is 0.319 e. The summed E-state index contributed by atoms with van der Waals surface area (Å²) in [5.41, 5.74) is 1.85. The Labute approximate surface area is 126 Å². The van der Waals surface area contributed by atoms with Gasteiger partial charge < -0.3 is 4.90 Å². The van der Waals surface area contributed by atoms with E-state index in [1.165, 1.54) is 4.31 Å². The molecule has 0 spiro atoms. The lowest BCUT2D eigenvalue weighted by Gasteiger charge is -2.32. The molecule has 1 aliphatic rings. The molecule has 1 saturated heterocycles. The molecular weight excluding hydrogens is 286 g/mol. The molecule has 5 nitrogen and oxygen atoms in total. The molecule has 1 aromatic carbocycles. The van der Waals surface area contributed by atoms with Crippen molar-refractivity contribution in [3.8, 4) is 6.07 Å². The van der Waals surface area contributed by atoms with Gasteiger partial charge in [0.25, 0.3) is 0 Å². The standard InChI is InChI=1S/C15H21N3O2S/c1-12-4-5-15(13(2)10-12)21(19,20)18-8-6-17(7-9-18)14(3)11-16/h4-5,10,14H,6-9H2,1-3H3/p+1/t14-/m1/s1. The third-order valence-corrected chi connectivity index (χ3v) is 6.18. The van der Waals surface area contributed by atoms with E-state index in [-0.39, 0.29) is 6.04 Å². The smallest absolute Gasteiger partial charge is 0.243 e. The molecule has 0 aliphatic carbocycles. The second-order valence-electron chi connectivity index (χ2n) is 5.68. The van der Waals surface area contributed by atoms with E-state index in [0.717, 1.165) is 16.0 Å². The Hall–Kier alpha value is -1.42. The Balaban J connectivity index is 2.17. The zero-order chi connectivity index (χ0) is 15.6. The highest BCUT2D eigenvalue weighted by Gasteiger charge is 2.32. The van der Waals surface area contributed by atoms with Gasteiger partial charge >= 0.3 is 0 Å². The van der Waals surface area contributed by atoms with Crippen molar-refractivity contribution in [2.24, 2.45) is 0 Å². The summed E-state index contributed by atoms with van der Waals surface area (Å²) in [6.07, 6.45) is 0. The molecule has 6 heteroatoms. The number of nitrogens with zero attached hydrogens (tertiary/aromatic N) is 2. The van der Waals surface area contributed by atoms with Crippen molar-refractivity contribution < 1.29 is 13.3 Å². The van der Waals surface area contributed by atoms with Crippen LogP contribution in [0.15, 0.2) is 23.1 Å². The van der Waals surface area contributed by atoms with Crippen molar-refractivity contribution in [1.82, 2.24) is 4.31 Å². The van der Waals surface area contributed by atoms with Crippen molar-refractivity contribution in [3.05, 3.63) is 29.3 Å². The maximum absolute atomic E-state index is 12.7. The van der Waals surface area contributed by atoms with Crippen molar-refractivity contribution in [2.75, 3.05) is 26.2 Å². The molecule has 21 heavy (non-hydrogen) atoms. The van der Waals surface area contributed by atoms with Gasteiger partial charge in [0.15, 0.2) is 6.04 Å². The molecule has 1 fully saturated rings. The molecule has 0 amide bonds. The summed E-state index contributed by atoms with van der Waals surface area (Å²) in [4.78, 5) is 1.55. The first-order valence-electron chi connectivity index (χ1n) is 7.18. The van der Waals surface area contributed by atoms with E-state index in [2.05, 4.69) is 6.07 Å². The fraction of sp³-hybridized carbons (Fsp3) is 0.533. The van der Waals surface area contributed by atoms with Gasteiger partial charge in [-0.1, -0.05) is 17.7 Å². The molecule has 0 unspecified atom stereocenters. The van der Waals surface area contributed by atoms with Gasteiger partial charge in [0.1, 0.15) is 6.07 Å². The highest BCUT2D eigenvalue weighted by Crippen LogP contribution is 2.20. The molecule has 0 radical (unpaired) electrons. The fourth-order valence-corrected chi connectivity index (χ4v) is 4.41. The van der Waals surface area contributed by atoms with E-state index in [9.17, 15) is 8.42 Å². The van der Waals surface area contributed by atoms with Crippen LogP contribution in [0.4, 0.5) is 0 Å². The summed E-state index contributed by atoms with van der Waals surface area (Å²) in [5.74, 6) is 0. The number of rotatable bonds is 3. The minimum atomic E-state index is -3.43. The molecule has 1 heterocycles. The predicted molar refractivity (Wildman–Crippen MR) is 80.4 cm³/mol. The molecule has 2 rings (SSSR count). The predicted octanol–water partition coefficient (Wildman–Crippen LogP) is 0.105. The van der Waals surface area contributed by atoms with Crippen molar-refractivity contribution in [2.45, 2.75) is 31.7 Å². The zero-order valence-corrected chi connectivity index (χ0v) is 13.6. The van der Waals surface area contributed by atoms with Crippen molar-refractivity contribution in [1.29, 1.82) is 5.26 Å². The molecule has 0 saturated carbocycles. The average molecular weight is 308 g/mol. The van der Waals surface area contributed by atoms with Crippen LogP contribution >= 0.6 is 0 Å². The van der Waals surface area contributed by atoms with Crippen molar-refractivity contribution in [3.63, 3.8) is 0 Å². The summed E-state index contributed by atoms with van der Waals surface area (Å²) < 4.78 is 27.0. The van der Waals surface area contributed by atoms with Crippen LogP contribution in [0.2, 0.25) is 0 Å². The molecule has 114 valence electrons. The van der Waals surface area contributed by atoms with E-state index >= 15 is 0 Å². The molecule has 1 atom stereocenters.